The van der Waals surface area contributed by atoms with E-state index in [-0.39, 0.29) is 12.0 Å². The van der Waals surface area contributed by atoms with E-state index in [2.05, 4.69) is 32.0 Å². The van der Waals surface area contributed by atoms with Gasteiger partial charge >= 0.3 is 18.1 Å². The predicted octanol–water partition coefficient (Wildman–Crippen LogP) is 0.763. The van der Waals surface area contributed by atoms with Crippen molar-refractivity contribution in [1.29, 1.82) is 0 Å². The Morgan fingerprint density at radius 3 is 2.35 bits per heavy atom. The molecule has 0 amide bonds. The monoisotopic (exact) mass is 504 g/mol. The zero-order valence-corrected chi connectivity index (χ0v) is 19.2. The molecule has 1 fully saturated rings. The van der Waals surface area contributed by atoms with Gasteiger partial charge in [-0.15, -0.1) is 5.92 Å². The van der Waals surface area contributed by atoms with Crippen LogP contribution in [-0.2, 0) is 23.2 Å². The second kappa shape index (κ2) is 11.7. The van der Waals surface area contributed by atoms with Gasteiger partial charge in [0.05, 0.1) is 13.0 Å². The fraction of sp³-hybridized carbons (Fsp3) is 0.526. The van der Waals surface area contributed by atoms with E-state index in [4.69, 9.17) is 15.0 Å². The summed E-state index contributed by atoms with van der Waals surface area (Å²) in [6, 6.07) is 0. The van der Waals surface area contributed by atoms with Crippen molar-refractivity contribution in [3.63, 3.8) is 0 Å². The zero-order chi connectivity index (χ0) is 25.5. The van der Waals surface area contributed by atoms with Crippen LogP contribution < -0.4 is 15.8 Å². The molecular formula is C19H23F3N6O5S. The molecule has 2 aromatic heterocycles. The van der Waals surface area contributed by atoms with Gasteiger partial charge in [0, 0.05) is 39.0 Å². The molecular weight excluding hydrogens is 481 g/mol. The number of halogens is 3. The maximum absolute atomic E-state index is 13.0. The van der Waals surface area contributed by atoms with E-state index in [0.717, 1.165) is 26.2 Å². The summed E-state index contributed by atoms with van der Waals surface area (Å²) in [6.45, 7) is 5.42. The smallest absolute Gasteiger partial charge is 0.481 e. The van der Waals surface area contributed by atoms with Crippen LogP contribution in [0.15, 0.2) is 9.95 Å². The van der Waals surface area contributed by atoms with Crippen LogP contribution in [-0.4, -0.2) is 79.4 Å². The van der Waals surface area contributed by atoms with Gasteiger partial charge in [-0.25, -0.2) is 9.78 Å². The highest BCUT2D eigenvalue weighted by Gasteiger charge is 2.38. The van der Waals surface area contributed by atoms with E-state index >= 15 is 0 Å². The van der Waals surface area contributed by atoms with E-state index in [1.54, 1.807) is 14.0 Å². The maximum Gasteiger partial charge on any atom is 0.490 e. The highest BCUT2D eigenvalue weighted by atomic mass is 32.2. The Kier molecular flexibility index (Phi) is 9.33. The minimum absolute atomic E-state index is 0.00509. The van der Waals surface area contributed by atoms with Crippen molar-refractivity contribution in [3.05, 3.63) is 10.4 Å². The summed E-state index contributed by atoms with van der Waals surface area (Å²) in [7, 11) is 1.64. The lowest BCUT2D eigenvalue weighted by molar-refractivity contribution is -0.192. The lowest BCUT2D eigenvalue weighted by Gasteiger charge is -2.28. The predicted molar refractivity (Wildman–Crippen MR) is 118 cm³/mol. The third kappa shape index (κ3) is 6.87. The molecule has 0 unspecified atom stereocenters. The SMILES string of the molecule is CC#CCn1c(N2CCNCC2)nc2nc(SCCC(=O)O)n(C)c(=O)c21.O=C(O)C(F)(F)F. The Labute approximate surface area is 196 Å². The van der Waals surface area contributed by atoms with Crippen molar-refractivity contribution in [3.8, 4) is 11.8 Å². The van der Waals surface area contributed by atoms with Crippen LogP contribution >= 0.6 is 11.8 Å². The molecule has 1 saturated heterocycles. The number of imidazole rings is 1. The number of alkyl halides is 3. The number of nitrogens with one attached hydrogen (secondary N) is 1. The molecule has 0 saturated carbocycles. The number of piperazine rings is 1. The number of nitrogens with zero attached hydrogens (tertiary/aromatic N) is 5. The van der Waals surface area contributed by atoms with Gasteiger partial charge in [0.1, 0.15) is 0 Å². The van der Waals surface area contributed by atoms with Crippen LogP contribution in [0.3, 0.4) is 0 Å². The van der Waals surface area contributed by atoms with Gasteiger partial charge in [0.25, 0.3) is 5.56 Å². The first-order valence-corrected chi connectivity index (χ1v) is 10.9. The lowest BCUT2D eigenvalue weighted by atomic mass is 10.4. The topological polar surface area (TPSA) is 143 Å². The highest BCUT2D eigenvalue weighted by Crippen LogP contribution is 2.23. The molecule has 186 valence electrons. The molecule has 0 aromatic carbocycles. The number of anilines is 1. The van der Waals surface area contributed by atoms with Gasteiger partial charge in [-0.1, -0.05) is 17.7 Å². The Balaban J connectivity index is 0.000000509. The number of carboxylic acid groups (broad SMARTS) is 2. The van der Waals surface area contributed by atoms with Crippen LogP contribution in [0.25, 0.3) is 11.2 Å². The van der Waals surface area contributed by atoms with Gasteiger partial charge in [0.15, 0.2) is 16.3 Å². The summed E-state index contributed by atoms with van der Waals surface area (Å²) >= 11 is 1.24. The van der Waals surface area contributed by atoms with E-state index < -0.39 is 18.1 Å². The Bertz CT molecular complexity index is 1160. The van der Waals surface area contributed by atoms with Gasteiger partial charge in [-0.3, -0.25) is 18.7 Å². The number of aromatic nitrogens is 4. The van der Waals surface area contributed by atoms with Crippen LogP contribution in [0, 0.1) is 11.8 Å². The lowest BCUT2D eigenvalue weighted by Crippen LogP contribution is -2.44. The first kappa shape index (κ1) is 27.0. The van der Waals surface area contributed by atoms with Crippen molar-refractivity contribution in [1.82, 2.24) is 24.4 Å². The molecule has 11 nitrogen and oxygen atoms in total. The molecule has 15 heteroatoms. The summed E-state index contributed by atoms with van der Waals surface area (Å²) in [4.78, 5) is 43.9. The summed E-state index contributed by atoms with van der Waals surface area (Å²) in [5.74, 6) is 3.29. The van der Waals surface area contributed by atoms with Crippen LogP contribution in [0.4, 0.5) is 19.1 Å². The summed E-state index contributed by atoms with van der Waals surface area (Å²) in [5.41, 5.74) is 0.600. The number of fused-ring (bicyclic) bond motifs is 1. The largest absolute Gasteiger partial charge is 0.490 e. The molecule has 3 rings (SSSR count). The van der Waals surface area contributed by atoms with E-state index in [9.17, 15) is 22.8 Å². The number of thioether (sulfide) groups is 1. The molecule has 1 aliphatic heterocycles. The second-order valence-corrected chi connectivity index (χ2v) is 7.95. The van der Waals surface area contributed by atoms with Gasteiger partial charge < -0.3 is 20.4 Å². The van der Waals surface area contributed by atoms with Gasteiger partial charge in [0.2, 0.25) is 5.95 Å². The Morgan fingerprint density at radius 1 is 1.21 bits per heavy atom. The Hall–Kier alpha value is -3.25. The summed E-state index contributed by atoms with van der Waals surface area (Å²) in [6.07, 6.45) is -5.08. The summed E-state index contributed by atoms with van der Waals surface area (Å²) < 4.78 is 35.0. The number of carbonyl (C=O) groups is 2. The van der Waals surface area contributed by atoms with Crippen LogP contribution in [0.2, 0.25) is 0 Å². The molecule has 3 N–H and O–H groups in total. The fourth-order valence-electron chi connectivity index (χ4n) is 2.90. The fourth-order valence-corrected chi connectivity index (χ4v) is 3.79. The zero-order valence-electron chi connectivity index (χ0n) is 18.3. The standard InChI is InChI=1S/C17H22N6O3S.C2HF3O2/c1-3-4-8-23-13-14(19-16(23)22-9-6-18-7-10-22)20-17(21(2)15(13)26)27-11-5-12(24)25;3-2(4,5)1(6)7/h18H,5-11H2,1-2H3,(H,24,25);(H,6,7). The van der Waals surface area contributed by atoms with Gasteiger partial charge in [-0.2, -0.15) is 18.2 Å². The number of hydrogen-bond acceptors (Lipinski definition) is 8. The van der Waals surface area contributed by atoms with Crippen molar-refractivity contribution >= 4 is 40.8 Å². The average Bonchev–Trinajstić information content (AvgIpc) is 3.14. The second-order valence-electron chi connectivity index (χ2n) is 6.89. The van der Waals surface area contributed by atoms with Crippen LogP contribution in [0.5, 0.6) is 0 Å². The van der Waals surface area contributed by atoms with E-state index in [0.29, 0.717) is 34.6 Å². The molecule has 0 atom stereocenters. The summed E-state index contributed by atoms with van der Waals surface area (Å²) in [5, 5.41) is 19.7. The number of aliphatic carboxylic acids is 2. The van der Waals surface area contributed by atoms with E-state index in [1.165, 1.54) is 16.3 Å². The van der Waals surface area contributed by atoms with E-state index in [1.807, 2.05) is 4.57 Å². The third-order valence-electron chi connectivity index (χ3n) is 4.53. The van der Waals surface area contributed by atoms with Crippen molar-refractivity contribution in [2.24, 2.45) is 7.05 Å². The molecule has 34 heavy (non-hydrogen) atoms. The molecule has 2 aromatic rings. The van der Waals surface area contributed by atoms with Crippen molar-refractivity contribution in [2.45, 2.75) is 31.2 Å². The average molecular weight is 504 g/mol. The molecule has 0 bridgehead atoms. The Morgan fingerprint density at radius 2 is 1.82 bits per heavy atom. The normalized spacial score (nSPS) is 13.6. The van der Waals surface area contributed by atoms with Crippen molar-refractivity contribution in [2.75, 3.05) is 36.8 Å². The maximum atomic E-state index is 13.0. The van der Waals surface area contributed by atoms with Gasteiger partial charge in [-0.05, 0) is 6.92 Å². The quantitative estimate of drug-likeness (QED) is 0.293. The van der Waals surface area contributed by atoms with Crippen LogP contribution in [0.1, 0.15) is 13.3 Å². The third-order valence-corrected chi connectivity index (χ3v) is 5.56. The van der Waals surface area contributed by atoms with Crippen molar-refractivity contribution < 1.29 is 33.0 Å². The number of rotatable bonds is 6. The number of carboxylic acids is 2. The first-order valence-electron chi connectivity index (χ1n) is 9.94. The minimum Gasteiger partial charge on any atom is -0.481 e. The molecule has 0 radical (unpaired) electrons. The minimum atomic E-state index is -5.08. The first-order chi connectivity index (χ1) is 16.0. The molecule has 1 aliphatic rings. The number of hydrogen-bond donors (Lipinski definition) is 3. The molecule has 0 spiro atoms. The highest BCUT2D eigenvalue weighted by molar-refractivity contribution is 7.99. The molecule has 3 heterocycles. The molecule has 0 aliphatic carbocycles.